The molecule has 0 rings (SSSR count). The summed E-state index contributed by atoms with van der Waals surface area (Å²) in [5.74, 6) is 0. The van der Waals surface area contributed by atoms with Crippen molar-refractivity contribution in [1.29, 1.82) is 0 Å². The Labute approximate surface area is 53.5 Å². The number of nitrogens with one attached hydrogen (secondary N) is 2. The highest BCUT2D eigenvalue weighted by Gasteiger charge is 2.01. The second-order valence-electron chi connectivity index (χ2n) is 0.980. The molecule has 0 aromatic rings. The van der Waals surface area contributed by atoms with Crippen molar-refractivity contribution >= 4 is 28.7 Å². The van der Waals surface area contributed by atoms with Gasteiger partial charge in [-0.3, -0.25) is 10.2 Å². The molecule has 5 heteroatoms. The van der Waals surface area contributed by atoms with Crippen LogP contribution in [-0.4, -0.2) is 14.1 Å². The van der Waals surface area contributed by atoms with Crippen LogP contribution in [0.15, 0.2) is 0 Å². The first-order chi connectivity index (χ1) is 3.12. The summed E-state index contributed by atoms with van der Waals surface area (Å²) in [5.41, 5.74) is -1.85. The fourth-order valence-corrected chi connectivity index (χ4v) is 0.335. The van der Waals surface area contributed by atoms with E-state index in [0.717, 1.165) is 0 Å². The number of hydrogen-bond donors (Lipinski definition) is 2. The van der Waals surface area contributed by atoms with Gasteiger partial charge < -0.3 is 0 Å². The van der Waals surface area contributed by atoms with Gasteiger partial charge in [0.1, 0.15) is 0 Å². The summed E-state index contributed by atoms with van der Waals surface area (Å²) in [6.45, 7) is 0. The standard InChI is InChI=1S/C2H8ClN2PS/c1-4-6(3,7)5-2/h1-2H3,(H2,4,5,7). The van der Waals surface area contributed by atoms with Crippen molar-refractivity contribution in [3.05, 3.63) is 0 Å². The zero-order valence-corrected chi connectivity index (χ0v) is 6.70. The van der Waals surface area contributed by atoms with Crippen LogP contribution >= 0.6 is 16.9 Å². The Bertz CT molecular complexity index is 87.7. The van der Waals surface area contributed by atoms with E-state index in [1.165, 1.54) is 0 Å². The molecule has 44 valence electrons. The van der Waals surface area contributed by atoms with Crippen LogP contribution in [0.2, 0.25) is 0 Å². The Kier molecular flexibility index (Phi) is 3.37. The minimum Gasteiger partial charge on any atom is -0.269 e. The quantitative estimate of drug-likeness (QED) is 0.584. The topological polar surface area (TPSA) is 24.1 Å². The molecule has 0 amide bonds. The normalized spacial score (nSPS) is 11.9. The lowest BCUT2D eigenvalue weighted by Gasteiger charge is -2.08. The van der Waals surface area contributed by atoms with E-state index >= 15 is 0 Å². The molecule has 0 atom stereocenters. The van der Waals surface area contributed by atoms with Gasteiger partial charge in [0.2, 0.25) is 0 Å². The summed E-state index contributed by atoms with van der Waals surface area (Å²) in [6, 6.07) is 0. The SMILES string of the molecule is CNP(=S)(Cl)NC. The Balaban J connectivity index is 3.61. The molecule has 0 saturated heterocycles. The van der Waals surface area contributed by atoms with E-state index in [0.29, 0.717) is 0 Å². The van der Waals surface area contributed by atoms with Crippen LogP contribution < -0.4 is 10.2 Å². The molecular weight excluding hydrogens is 151 g/mol. The fraction of sp³-hybridized carbons (Fsp3) is 1.00. The predicted molar refractivity (Wildman–Crippen MR) is 38.3 cm³/mol. The summed E-state index contributed by atoms with van der Waals surface area (Å²) in [5, 5.41) is 5.54. The average molecular weight is 159 g/mol. The van der Waals surface area contributed by atoms with Gasteiger partial charge in [-0.05, 0) is 25.9 Å². The minimum atomic E-state index is -1.85. The van der Waals surface area contributed by atoms with Crippen LogP contribution in [0.1, 0.15) is 0 Å². The predicted octanol–water partition coefficient (Wildman–Crippen LogP) is 0.888. The minimum absolute atomic E-state index is 1.74. The smallest absolute Gasteiger partial charge is 0.159 e. The van der Waals surface area contributed by atoms with E-state index in [1.54, 1.807) is 14.1 Å². The first kappa shape index (κ1) is 7.86. The molecule has 0 unspecified atom stereocenters. The monoisotopic (exact) mass is 158 g/mol. The average Bonchev–Trinajstić information content (AvgIpc) is 1.68. The molecule has 2 nitrogen and oxygen atoms in total. The first-order valence-electron chi connectivity index (χ1n) is 1.80. The van der Waals surface area contributed by atoms with Crippen molar-refractivity contribution in [3.63, 3.8) is 0 Å². The molecule has 0 aliphatic carbocycles. The molecule has 0 aromatic carbocycles. The lowest BCUT2D eigenvalue weighted by Crippen LogP contribution is -2.09. The van der Waals surface area contributed by atoms with Gasteiger partial charge in [0.05, 0.1) is 0 Å². The van der Waals surface area contributed by atoms with Crippen LogP contribution in [0.3, 0.4) is 0 Å². The molecule has 0 aliphatic rings. The molecule has 0 bridgehead atoms. The highest BCUT2D eigenvalue weighted by molar-refractivity contribution is 8.25. The van der Waals surface area contributed by atoms with Crippen molar-refractivity contribution < 1.29 is 0 Å². The summed E-state index contributed by atoms with van der Waals surface area (Å²) in [7, 11) is 3.48. The van der Waals surface area contributed by atoms with Gasteiger partial charge in [0.25, 0.3) is 0 Å². The van der Waals surface area contributed by atoms with Crippen LogP contribution in [0.5, 0.6) is 0 Å². The highest BCUT2D eigenvalue weighted by atomic mass is 35.7. The molecule has 0 aliphatic heterocycles. The lowest BCUT2D eigenvalue weighted by molar-refractivity contribution is 1.17. The second-order valence-corrected chi connectivity index (χ2v) is 6.70. The second kappa shape index (κ2) is 3.00. The third-order valence-electron chi connectivity index (χ3n) is 0.575. The van der Waals surface area contributed by atoms with Gasteiger partial charge in [-0.25, -0.2) is 0 Å². The lowest BCUT2D eigenvalue weighted by atomic mass is 11.6. The van der Waals surface area contributed by atoms with Gasteiger partial charge >= 0.3 is 0 Å². The number of hydrogen-bond acceptors (Lipinski definition) is 1. The molecular formula is C2H8ClN2PS. The number of halogens is 1. The zero-order chi connectivity index (χ0) is 5.91. The first-order valence-corrected chi connectivity index (χ1v) is 5.51. The van der Waals surface area contributed by atoms with Crippen molar-refractivity contribution in [1.82, 2.24) is 10.2 Å². The molecule has 0 fully saturated rings. The van der Waals surface area contributed by atoms with Gasteiger partial charge in [0, 0.05) is 0 Å². The highest BCUT2D eigenvalue weighted by Crippen LogP contribution is 2.39. The van der Waals surface area contributed by atoms with Gasteiger partial charge in [-0.15, -0.1) is 0 Å². The molecule has 0 radical (unpaired) electrons. The van der Waals surface area contributed by atoms with E-state index in [9.17, 15) is 0 Å². The van der Waals surface area contributed by atoms with E-state index in [-0.39, 0.29) is 0 Å². The summed E-state index contributed by atoms with van der Waals surface area (Å²) in [6.07, 6.45) is 0. The van der Waals surface area contributed by atoms with Crippen molar-refractivity contribution in [2.24, 2.45) is 0 Å². The molecule has 0 saturated carbocycles. The van der Waals surface area contributed by atoms with E-state index in [4.69, 9.17) is 23.0 Å². The van der Waals surface area contributed by atoms with Crippen molar-refractivity contribution in [3.8, 4) is 0 Å². The van der Waals surface area contributed by atoms with Crippen LogP contribution in [0.4, 0.5) is 0 Å². The summed E-state index contributed by atoms with van der Waals surface area (Å²) in [4.78, 5) is 0. The van der Waals surface area contributed by atoms with Gasteiger partial charge in [-0.1, -0.05) is 11.2 Å². The van der Waals surface area contributed by atoms with E-state index in [2.05, 4.69) is 10.2 Å². The molecule has 7 heavy (non-hydrogen) atoms. The number of rotatable bonds is 2. The third-order valence-corrected chi connectivity index (χ3v) is 3.84. The maximum absolute atomic E-state index is 5.61. The Hall–Kier alpha value is 0.860. The van der Waals surface area contributed by atoms with Crippen LogP contribution in [0.25, 0.3) is 0 Å². The molecule has 0 heterocycles. The van der Waals surface area contributed by atoms with Gasteiger partial charge in [-0.2, -0.15) is 0 Å². The summed E-state index contributed by atoms with van der Waals surface area (Å²) < 4.78 is 0. The van der Waals surface area contributed by atoms with E-state index in [1.807, 2.05) is 0 Å². The van der Waals surface area contributed by atoms with Gasteiger partial charge in [0.15, 0.2) is 5.69 Å². The Morgan fingerprint density at radius 3 is 1.71 bits per heavy atom. The molecule has 0 spiro atoms. The van der Waals surface area contributed by atoms with E-state index < -0.39 is 5.69 Å². The fourth-order valence-electron chi connectivity index (χ4n) is 0.112. The molecule has 2 N–H and O–H groups in total. The summed E-state index contributed by atoms with van der Waals surface area (Å²) >= 11 is 10.4. The van der Waals surface area contributed by atoms with Crippen LogP contribution in [0, 0.1) is 0 Å². The maximum Gasteiger partial charge on any atom is 0.159 e. The molecule has 0 aromatic heterocycles. The Morgan fingerprint density at radius 1 is 1.43 bits per heavy atom. The van der Waals surface area contributed by atoms with Crippen molar-refractivity contribution in [2.45, 2.75) is 0 Å². The largest absolute Gasteiger partial charge is 0.269 e. The maximum atomic E-state index is 5.61. The van der Waals surface area contributed by atoms with Crippen molar-refractivity contribution in [2.75, 3.05) is 14.1 Å². The third kappa shape index (κ3) is 3.44. The van der Waals surface area contributed by atoms with Crippen LogP contribution in [-0.2, 0) is 11.8 Å². The zero-order valence-electron chi connectivity index (χ0n) is 4.23. The Morgan fingerprint density at radius 2 is 1.71 bits per heavy atom.